The predicted molar refractivity (Wildman–Crippen MR) is 97.3 cm³/mol. The van der Waals surface area contributed by atoms with Gasteiger partial charge in [0.2, 0.25) is 0 Å². The summed E-state index contributed by atoms with van der Waals surface area (Å²) >= 11 is 0. The summed E-state index contributed by atoms with van der Waals surface area (Å²) < 4.78 is 0. The second-order valence-corrected chi connectivity index (χ2v) is 7.23. The lowest BCUT2D eigenvalue weighted by Crippen LogP contribution is -2.37. The fourth-order valence-electron chi connectivity index (χ4n) is 4.33. The molecule has 2 bridgehead atoms. The van der Waals surface area contributed by atoms with E-state index < -0.39 is 0 Å². The van der Waals surface area contributed by atoms with E-state index in [1.165, 1.54) is 41.5 Å². The largest absolute Gasteiger partial charge is 0.289 e. The molecule has 1 heteroatoms. The topological polar surface area (TPSA) is 3.24 Å². The molecule has 4 rings (SSSR count). The highest BCUT2D eigenvalue weighted by Gasteiger charge is 2.36. The molecule has 0 aliphatic carbocycles. The molecule has 0 spiro atoms. The molecule has 0 radical (unpaired) electrons. The Morgan fingerprint density at radius 1 is 0.957 bits per heavy atom. The zero-order valence-corrected chi connectivity index (χ0v) is 14.1. The van der Waals surface area contributed by atoms with E-state index >= 15 is 0 Å². The Labute approximate surface area is 139 Å². The van der Waals surface area contributed by atoms with E-state index in [0.717, 1.165) is 6.54 Å². The minimum absolute atomic E-state index is 0.616. The Hall–Kier alpha value is -1.86. The number of benzene rings is 2. The van der Waals surface area contributed by atoms with Crippen LogP contribution in [0.2, 0.25) is 0 Å². The van der Waals surface area contributed by atoms with Crippen LogP contribution in [0.25, 0.3) is 5.57 Å². The first-order valence-corrected chi connectivity index (χ1v) is 8.78. The van der Waals surface area contributed by atoms with Crippen molar-refractivity contribution in [3.05, 3.63) is 76.9 Å². The molecular formula is C22H25N. The van der Waals surface area contributed by atoms with Gasteiger partial charge in [0.15, 0.2) is 0 Å². The summed E-state index contributed by atoms with van der Waals surface area (Å²) in [6, 6.07) is 19.2. The number of hydrogen-bond acceptors (Lipinski definition) is 1. The van der Waals surface area contributed by atoms with Crippen molar-refractivity contribution in [1.82, 2.24) is 4.90 Å². The van der Waals surface area contributed by atoms with E-state index in [2.05, 4.69) is 73.4 Å². The fraction of sp³-hybridized carbons (Fsp3) is 0.364. The van der Waals surface area contributed by atoms with Crippen molar-refractivity contribution in [2.45, 2.75) is 51.7 Å². The molecule has 118 valence electrons. The van der Waals surface area contributed by atoms with E-state index in [4.69, 9.17) is 0 Å². The van der Waals surface area contributed by atoms with E-state index in [1.807, 2.05) is 0 Å². The van der Waals surface area contributed by atoms with Gasteiger partial charge < -0.3 is 0 Å². The summed E-state index contributed by atoms with van der Waals surface area (Å²) in [5, 5.41) is 0. The van der Waals surface area contributed by atoms with E-state index in [9.17, 15) is 0 Å². The molecule has 1 fully saturated rings. The van der Waals surface area contributed by atoms with Gasteiger partial charge in [-0.3, -0.25) is 4.90 Å². The molecule has 0 aromatic heterocycles. The predicted octanol–water partition coefficient (Wildman–Crippen LogP) is 5.12. The first-order chi connectivity index (χ1) is 11.2. The van der Waals surface area contributed by atoms with Crippen molar-refractivity contribution < 1.29 is 0 Å². The first-order valence-electron chi connectivity index (χ1n) is 8.78. The van der Waals surface area contributed by atoms with Gasteiger partial charge in [-0.05, 0) is 49.8 Å². The average molecular weight is 303 g/mol. The standard InChI is InChI=1S/C22H25N/c1-16-10-17(2)12-19(11-16)20-13-21-8-9-22(14-20)23(21)15-18-6-4-3-5-7-18/h3-7,10-13,21-22H,8-9,14-15H2,1-2H3. The molecule has 2 aliphatic rings. The highest BCUT2D eigenvalue weighted by molar-refractivity contribution is 5.69. The van der Waals surface area contributed by atoms with Crippen molar-refractivity contribution in [2.75, 3.05) is 0 Å². The van der Waals surface area contributed by atoms with Crippen LogP contribution >= 0.6 is 0 Å². The smallest absolute Gasteiger partial charge is 0.0291 e. The maximum Gasteiger partial charge on any atom is 0.0291 e. The van der Waals surface area contributed by atoms with Gasteiger partial charge in [-0.2, -0.15) is 0 Å². The summed E-state index contributed by atoms with van der Waals surface area (Å²) in [7, 11) is 0. The normalized spacial score (nSPS) is 23.8. The van der Waals surface area contributed by atoms with E-state index in [0.29, 0.717) is 12.1 Å². The monoisotopic (exact) mass is 303 g/mol. The summed E-state index contributed by atoms with van der Waals surface area (Å²) in [5.74, 6) is 0. The van der Waals surface area contributed by atoms with Gasteiger partial charge in [0.1, 0.15) is 0 Å². The molecule has 2 heterocycles. The van der Waals surface area contributed by atoms with Crippen LogP contribution in [0.15, 0.2) is 54.6 Å². The van der Waals surface area contributed by atoms with E-state index in [-0.39, 0.29) is 0 Å². The molecule has 0 N–H and O–H groups in total. The van der Waals surface area contributed by atoms with Gasteiger partial charge in [0.05, 0.1) is 0 Å². The SMILES string of the molecule is Cc1cc(C)cc(C2=CC3CCC(C2)N3Cc2ccccc2)c1. The highest BCUT2D eigenvalue weighted by Crippen LogP contribution is 2.39. The second kappa shape index (κ2) is 5.98. The summed E-state index contributed by atoms with van der Waals surface area (Å²) in [6.07, 6.45) is 6.39. The molecule has 1 saturated heterocycles. The molecule has 2 aliphatic heterocycles. The fourth-order valence-corrected chi connectivity index (χ4v) is 4.33. The Morgan fingerprint density at radius 3 is 2.39 bits per heavy atom. The third-order valence-corrected chi connectivity index (χ3v) is 5.34. The summed E-state index contributed by atoms with van der Waals surface area (Å²) in [4.78, 5) is 2.71. The molecule has 0 amide bonds. The quantitative estimate of drug-likeness (QED) is 0.760. The van der Waals surface area contributed by atoms with Gasteiger partial charge in [-0.1, -0.05) is 65.7 Å². The minimum Gasteiger partial charge on any atom is -0.289 e. The van der Waals surface area contributed by atoms with Crippen molar-refractivity contribution in [1.29, 1.82) is 0 Å². The maximum atomic E-state index is 2.71. The van der Waals surface area contributed by atoms with Crippen LogP contribution in [0.3, 0.4) is 0 Å². The van der Waals surface area contributed by atoms with Gasteiger partial charge in [0, 0.05) is 18.6 Å². The number of rotatable bonds is 3. The number of fused-ring (bicyclic) bond motifs is 2. The maximum absolute atomic E-state index is 2.71. The third kappa shape index (κ3) is 2.98. The molecular weight excluding hydrogens is 278 g/mol. The molecule has 1 nitrogen and oxygen atoms in total. The Balaban J connectivity index is 1.59. The van der Waals surface area contributed by atoms with Gasteiger partial charge in [-0.15, -0.1) is 0 Å². The number of aryl methyl sites for hydroxylation is 2. The van der Waals surface area contributed by atoms with Crippen LogP contribution in [0, 0.1) is 13.8 Å². The van der Waals surface area contributed by atoms with Gasteiger partial charge in [0.25, 0.3) is 0 Å². The summed E-state index contributed by atoms with van der Waals surface area (Å²) in [5.41, 5.74) is 7.19. The second-order valence-electron chi connectivity index (χ2n) is 7.23. The third-order valence-electron chi connectivity index (χ3n) is 5.34. The molecule has 0 saturated carbocycles. The van der Waals surface area contributed by atoms with Crippen LogP contribution in [0.4, 0.5) is 0 Å². The summed E-state index contributed by atoms with van der Waals surface area (Å²) in [6.45, 7) is 5.50. The van der Waals surface area contributed by atoms with Crippen LogP contribution in [-0.2, 0) is 6.54 Å². The Morgan fingerprint density at radius 2 is 1.70 bits per heavy atom. The Kier molecular flexibility index (Phi) is 3.82. The zero-order valence-electron chi connectivity index (χ0n) is 14.1. The molecule has 2 atom stereocenters. The lowest BCUT2D eigenvalue weighted by atomic mass is 9.92. The van der Waals surface area contributed by atoms with Crippen molar-refractivity contribution >= 4 is 5.57 Å². The lowest BCUT2D eigenvalue weighted by Gasteiger charge is -2.34. The molecule has 2 unspecified atom stereocenters. The lowest BCUT2D eigenvalue weighted by molar-refractivity contribution is 0.203. The zero-order chi connectivity index (χ0) is 15.8. The van der Waals surface area contributed by atoms with Crippen LogP contribution < -0.4 is 0 Å². The van der Waals surface area contributed by atoms with Crippen molar-refractivity contribution in [3.63, 3.8) is 0 Å². The van der Waals surface area contributed by atoms with Gasteiger partial charge in [-0.25, -0.2) is 0 Å². The van der Waals surface area contributed by atoms with Crippen LogP contribution in [-0.4, -0.2) is 17.0 Å². The average Bonchev–Trinajstić information content (AvgIpc) is 2.77. The molecule has 23 heavy (non-hydrogen) atoms. The van der Waals surface area contributed by atoms with Gasteiger partial charge >= 0.3 is 0 Å². The van der Waals surface area contributed by atoms with Crippen LogP contribution in [0.1, 0.15) is 41.5 Å². The molecule has 2 aromatic rings. The van der Waals surface area contributed by atoms with Crippen molar-refractivity contribution in [3.8, 4) is 0 Å². The number of hydrogen-bond donors (Lipinski definition) is 0. The van der Waals surface area contributed by atoms with E-state index in [1.54, 1.807) is 5.57 Å². The highest BCUT2D eigenvalue weighted by atomic mass is 15.2. The minimum atomic E-state index is 0.616. The molecule has 2 aromatic carbocycles. The first kappa shape index (κ1) is 14.7. The Bertz CT molecular complexity index is 709. The van der Waals surface area contributed by atoms with Crippen LogP contribution in [0.5, 0.6) is 0 Å². The van der Waals surface area contributed by atoms with Crippen molar-refractivity contribution in [2.24, 2.45) is 0 Å². The number of nitrogens with zero attached hydrogens (tertiary/aromatic N) is 1.